The normalized spacial score (nSPS) is 23.1. The number of pyridine rings is 2. The van der Waals surface area contributed by atoms with Gasteiger partial charge in [0.25, 0.3) is 5.91 Å². The van der Waals surface area contributed by atoms with E-state index in [1.807, 2.05) is 33.0 Å². The first-order chi connectivity index (χ1) is 21.1. The van der Waals surface area contributed by atoms with Gasteiger partial charge in [-0.2, -0.15) is 13.2 Å². The van der Waals surface area contributed by atoms with E-state index in [9.17, 15) is 22.8 Å². The predicted molar refractivity (Wildman–Crippen MR) is 161 cm³/mol. The van der Waals surface area contributed by atoms with Gasteiger partial charge in [0.05, 0.1) is 12.3 Å². The number of aromatic nitrogens is 2. The molecule has 0 spiro atoms. The van der Waals surface area contributed by atoms with Crippen LogP contribution in [0.1, 0.15) is 56.4 Å². The van der Waals surface area contributed by atoms with Crippen LogP contribution < -0.4 is 15.0 Å². The van der Waals surface area contributed by atoms with Crippen molar-refractivity contribution in [2.75, 3.05) is 57.8 Å². The van der Waals surface area contributed by atoms with Crippen LogP contribution >= 0.6 is 0 Å². The Morgan fingerprint density at radius 3 is 2.57 bits per heavy atom. The summed E-state index contributed by atoms with van der Waals surface area (Å²) in [6.45, 7) is 6.73. The Morgan fingerprint density at radius 2 is 1.91 bits per heavy atom. The van der Waals surface area contributed by atoms with Crippen LogP contribution in [0.15, 0.2) is 30.6 Å². The van der Waals surface area contributed by atoms with Crippen LogP contribution in [0.5, 0.6) is 5.75 Å². The fraction of sp³-hybridized carbons (Fsp3) is 0.613. The first kappa shape index (κ1) is 31.8. The van der Waals surface area contributed by atoms with Crippen molar-refractivity contribution in [1.82, 2.24) is 30.0 Å². The number of likely N-dealkylation sites (N-methyl/N-ethyl adjacent to an activating group) is 1. The molecule has 10 nitrogen and oxygen atoms in total. The average Bonchev–Trinajstić information content (AvgIpc) is 3.44. The molecule has 3 aliphatic heterocycles. The molecule has 3 atom stereocenters. The number of ether oxygens (including phenoxy) is 1. The second-order valence-electron chi connectivity index (χ2n) is 11.8. The van der Waals surface area contributed by atoms with Crippen molar-refractivity contribution in [3.8, 4) is 17.0 Å². The highest BCUT2D eigenvalue weighted by molar-refractivity contribution is 5.99. The third kappa shape index (κ3) is 6.87. The number of carbonyl (C=O) groups excluding carboxylic acids is 2. The molecule has 0 saturated carbocycles. The van der Waals surface area contributed by atoms with E-state index in [4.69, 9.17) is 9.72 Å². The van der Waals surface area contributed by atoms with Crippen molar-refractivity contribution < 1.29 is 27.5 Å². The van der Waals surface area contributed by atoms with Crippen molar-refractivity contribution in [2.45, 2.75) is 70.3 Å². The number of halogens is 3. The molecule has 0 radical (unpaired) electrons. The number of carbonyl (C=O) groups is 2. The van der Waals surface area contributed by atoms with Crippen molar-refractivity contribution >= 4 is 17.6 Å². The minimum atomic E-state index is -4.46. The van der Waals surface area contributed by atoms with E-state index in [1.54, 1.807) is 18.5 Å². The van der Waals surface area contributed by atoms with Crippen molar-refractivity contribution in [3.05, 3.63) is 36.3 Å². The lowest BCUT2D eigenvalue weighted by molar-refractivity contribution is -0.183. The van der Waals surface area contributed by atoms with Gasteiger partial charge < -0.3 is 29.7 Å². The van der Waals surface area contributed by atoms with Gasteiger partial charge in [-0.25, -0.2) is 9.78 Å². The van der Waals surface area contributed by atoms with Gasteiger partial charge in [-0.3, -0.25) is 9.78 Å². The summed E-state index contributed by atoms with van der Waals surface area (Å²) in [7, 11) is 2.01. The number of urea groups is 1. The van der Waals surface area contributed by atoms with Crippen LogP contribution in [0.3, 0.4) is 0 Å². The van der Waals surface area contributed by atoms with Gasteiger partial charge in [0.1, 0.15) is 17.5 Å². The topological polar surface area (TPSA) is 94.1 Å². The highest BCUT2D eigenvalue weighted by Crippen LogP contribution is 2.37. The molecule has 0 bridgehead atoms. The summed E-state index contributed by atoms with van der Waals surface area (Å²) in [5.74, 6) is 0.200. The summed E-state index contributed by atoms with van der Waals surface area (Å²) < 4.78 is 47.4. The predicted octanol–water partition coefficient (Wildman–Crippen LogP) is 4.41. The zero-order chi connectivity index (χ0) is 31.4. The van der Waals surface area contributed by atoms with Gasteiger partial charge in [0, 0.05) is 68.8 Å². The zero-order valence-electron chi connectivity index (χ0n) is 25.6. The Labute approximate surface area is 256 Å². The van der Waals surface area contributed by atoms with E-state index in [-0.39, 0.29) is 49.7 Å². The molecule has 1 N–H and O–H groups in total. The Bertz CT molecular complexity index is 1310. The summed E-state index contributed by atoms with van der Waals surface area (Å²) in [6.07, 6.45) is 1.24. The summed E-state index contributed by atoms with van der Waals surface area (Å²) in [5.41, 5.74) is 2.03. The number of likely N-dealkylation sites (tertiary alicyclic amines) is 2. The Hall–Kier alpha value is -3.61. The number of piperazine rings is 1. The lowest BCUT2D eigenvalue weighted by atomic mass is 10.0. The SMILES string of the molecule is CCOc1cc(N2CCN(C(=O)N3CCCC[C@H]3C(F)(F)F)C[C@H]2CC)c(C(=O)N[C@@H]2CCN(C)C2)nc1-c1cccnc1. The lowest BCUT2D eigenvalue weighted by Gasteiger charge is -2.46. The fourth-order valence-corrected chi connectivity index (χ4v) is 6.53. The first-order valence-corrected chi connectivity index (χ1v) is 15.6. The minimum Gasteiger partial charge on any atom is -0.492 e. The van der Waals surface area contributed by atoms with Gasteiger partial charge in [0.2, 0.25) is 0 Å². The van der Waals surface area contributed by atoms with Crippen LogP contribution in [0.2, 0.25) is 0 Å². The molecule has 3 saturated heterocycles. The Morgan fingerprint density at radius 1 is 1.09 bits per heavy atom. The van der Waals surface area contributed by atoms with Crippen LogP contribution in [-0.4, -0.2) is 114 Å². The number of anilines is 1. The van der Waals surface area contributed by atoms with Crippen molar-refractivity contribution in [1.29, 1.82) is 0 Å². The summed E-state index contributed by atoms with van der Waals surface area (Å²) in [5, 5.41) is 3.15. The Kier molecular flexibility index (Phi) is 9.81. The van der Waals surface area contributed by atoms with Gasteiger partial charge in [-0.1, -0.05) is 6.92 Å². The molecule has 13 heteroatoms. The van der Waals surface area contributed by atoms with Crippen LogP contribution in [0.25, 0.3) is 11.3 Å². The monoisotopic (exact) mass is 617 g/mol. The van der Waals surface area contributed by atoms with Crippen LogP contribution in [-0.2, 0) is 0 Å². The van der Waals surface area contributed by atoms with E-state index in [2.05, 4.69) is 20.1 Å². The van der Waals surface area contributed by atoms with E-state index in [0.717, 1.165) is 24.4 Å². The summed E-state index contributed by atoms with van der Waals surface area (Å²) in [6, 6.07) is 2.89. The molecule has 3 fully saturated rings. The third-order valence-electron chi connectivity index (χ3n) is 8.80. The molecule has 5 rings (SSSR count). The van der Waals surface area contributed by atoms with Gasteiger partial charge >= 0.3 is 12.2 Å². The first-order valence-electron chi connectivity index (χ1n) is 15.6. The molecule has 3 aliphatic rings. The maximum atomic E-state index is 13.9. The van der Waals surface area contributed by atoms with Gasteiger partial charge in [-0.05, 0) is 64.8 Å². The molecular formula is C31H42F3N7O3. The molecule has 3 amide bonds. The zero-order valence-corrected chi connectivity index (χ0v) is 25.6. The Balaban J connectivity index is 1.47. The van der Waals surface area contributed by atoms with Crippen LogP contribution in [0, 0.1) is 0 Å². The lowest BCUT2D eigenvalue weighted by Crippen LogP contribution is -2.61. The molecule has 0 aliphatic carbocycles. The number of nitrogens with one attached hydrogen (secondary N) is 1. The van der Waals surface area contributed by atoms with Crippen molar-refractivity contribution in [2.24, 2.45) is 0 Å². The standard InChI is InChI=1S/C31H42F3N7O3/c1-4-23-20-39(30(43)41-13-7-6-10-26(41)31(32,33)34)15-16-40(23)24-17-25(44-5-2)27(21-9-8-12-35-18-21)37-28(24)29(42)36-22-11-14-38(3)19-22/h8-9,12,17-18,22-23,26H,4-7,10-11,13-16,19-20H2,1-3H3,(H,36,42)/t22-,23-,26+/m1/s1. The number of amides is 3. The largest absolute Gasteiger partial charge is 0.492 e. The van der Waals surface area contributed by atoms with Gasteiger partial charge in [-0.15, -0.1) is 0 Å². The van der Waals surface area contributed by atoms with Crippen LogP contribution in [0.4, 0.5) is 23.7 Å². The maximum Gasteiger partial charge on any atom is 0.408 e. The minimum absolute atomic E-state index is 0.0156. The number of nitrogens with zero attached hydrogens (tertiary/aromatic N) is 6. The number of hydrogen-bond acceptors (Lipinski definition) is 7. The molecule has 44 heavy (non-hydrogen) atoms. The highest BCUT2D eigenvalue weighted by atomic mass is 19.4. The van der Waals surface area contributed by atoms with Crippen molar-refractivity contribution in [3.63, 3.8) is 0 Å². The smallest absolute Gasteiger partial charge is 0.408 e. The number of alkyl halides is 3. The molecular weight excluding hydrogens is 575 g/mol. The molecule has 2 aromatic rings. The molecule has 240 valence electrons. The second-order valence-corrected chi connectivity index (χ2v) is 11.8. The maximum absolute atomic E-state index is 13.9. The second kappa shape index (κ2) is 13.6. The summed E-state index contributed by atoms with van der Waals surface area (Å²) in [4.78, 5) is 43.2. The van der Waals surface area contributed by atoms with E-state index in [1.165, 1.54) is 4.90 Å². The highest BCUT2D eigenvalue weighted by Gasteiger charge is 2.48. The molecule has 2 aromatic heterocycles. The molecule has 0 aromatic carbocycles. The summed E-state index contributed by atoms with van der Waals surface area (Å²) >= 11 is 0. The number of hydrogen-bond donors (Lipinski definition) is 1. The number of piperidine rings is 1. The van der Waals surface area contributed by atoms with E-state index < -0.39 is 18.2 Å². The van der Waals surface area contributed by atoms with E-state index >= 15 is 0 Å². The fourth-order valence-electron chi connectivity index (χ4n) is 6.53. The third-order valence-corrected chi connectivity index (χ3v) is 8.80. The molecule has 0 unspecified atom stereocenters. The average molecular weight is 618 g/mol. The van der Waals surface area contributed by atoms with Gasteiger partial charge in [0.15, 0.2) is 5.69 Å². The van der Waals surface area contributed by atoms with E-state index in [0.29, 0.717) is 55.1 Å². The quantitative estimate of drug-likeness (QED) is 0.492. The molecule has 5 heterocycles. The number of rotatable bonds is 7.